The van der Waals surface area contributed by atoms with E-state index in [0.29, 0.717) is 6.54 Å². The second-order valence-electron chi connectivity index (χ2n) is 6.19. The molecular formula is C18H21ClN2O4. The van der Waals surface area contributed by atoms with Gasteiger partial charge in [-0.15, -0.1) is 0 Å². The van der Waals surface area contributed by atoms with E-state index in [2.05, 4.69) is 9.80 Å². The lowest BCUT2D eigenvalue weighted by molar-refractivity contribution is 0.112. The largest absolute Gasteiger partial charge is 0.502 e. The van der Waals surface area contributed by atoms with E-state index in [0.717, 1.165) is 43.8 Å². The minimum atomic E-state index is -0.522. The SMILES string of the molecule is O=c1cc(CO)oc(CN2CCN(Cc3ccc(Cl)cc3)CC2)c1O. The van der Waals surface area contributed by atoms with Crippen LogP contribution in [0.15, 0.2) is 39.5 Å². The number of aliphatic hydroxyl groups is 1. The molecule has 0 amide bonds. The standard InChI is InChI=1S/C18H21ClN2O4/c19-14-3-1-13(2-4-14)10-20-5-7-21(8-6-20)11-17-18(24)16(23)9-15(12-22)25-17/h1-4,9,22,24H,5-8,10-12H2. The number of aliphatic hydroxyl groups excluding tert-OH is 1. The zero-order valence-electron chi connectivity index (χ0n) is 13.8. The number of piperazine rings is 1. The van der Waals surface area contributed by atoms with Gasteiger partial charge < -0.3 is 14.6 Å². The van der Waals surface area contributed by atoms with Gasteiger partial charge in [-0.3, -0.25) is 14.6 Å². The molecule has 7 heteroatoms. The summed E-state index contributed by atoms with van der Waals surface area (Å²) in [6, 6.07) is 8.96. The first-order chi connectivity index (χ1) is 12.0. The fraction of sp³-hybridized carbons (Fsp3) is 0.389. The first kappa shape index (κ1) is 17.9. The topological polar surface area (TPSA) is 77.2 Å². The molecule has 1 fully saturated rings. The number of benzene rings is 1. The van der Waals surface area contributed by atoms with E-state index in [1.54, 1.807) is 0 Å². The molecule has 0 unspecified atom stereocenters. The average Bonchev–Trinajstić information content (AvgIpc) is 2.62. The van der Waals surface area contributed by atoms with Gasteiger partial charge in [0.1, 0.15) is 12.4 Å². The minimum absolute atomic E-state index is 0.166. The van der Waals surface area contributed by atoms with Crippen LogP contribution in [-0.4, -0.2) is 46.2 Å². The number of nitrogens with zero attached hydrogens (tertiary/aromatic N) is 2. The van der Waals surface area contributed by atoms with Crippen LogP contribution in [0.4, 0.5) is 0 Å². The van der Waals surface area contributed by atoms with Crippen LogP contribution < -0.4 is 5.43 Å². The van der Waals surface area contributed by atoms with Crippen molar-refractivity contribution in [3.63, 3.8) is 0 Å². The molecule has 1 aromatic carbocycles. The Bertz CT molecular complexity index is 768. The average molecular weight is 365 g/mol. The molecule has 1 aromatic heterocycles. The van der Waals surface area contributed by atoms with E-state index in [9.17, 15) is 9.90 Å². The number of halogens is 1. The zero-order chi connectivity index (χ0) is 17.8. The molecule has 1 aliphatic heterocycles. The van der Waals surface area contributed by atoms with E-state index in [-0.39, 0.29) is 23.9 Å². The van der Waals surface area contributed by atoms with E-state index < -0.39 is 5.43 Å². The molecule has 2 aromatic rings. The molecule has 134 valence electrons. The number of hydrogen-bond donors (Lipinski definition) is 2. The van der Waals surface area contributed by atoms with Gasteiger partial charge in [0.15, 0.2) is 5.76 Å². The maximum absolute atomic E-state index is 11.7. The van der Waals surface area contributed by atoms with Crippen molar-refractivity contribution in [1.82, 2.24) is 9.80 Å². The highest BCUT2D eigenvalue weighted by Gasteiger charge is 2.20. The Morgan fingerprint density at radius 2 is 1.64 bits per heavy atom. The van der Waals surface area contributed by atoms with Gasteiger partial charge in [-0.1, -0.05) is 23.7 Å². The molecule has 0 saturated carbocycles. The minimum Gasteiger partial charge on any atom is -0.502 e. The Morgan fingerprint density at radius 1 is 1.04 bits per heavy atom. The summed E-state index contributed by atoms with van der Waals surface area (Å²) in [4.78, 5) is 16.2. The summed E-state index contributed by atoms with van der Waals surface area (Å²) < 4.78 is 5.41. The third kappa shape index (κ3) is 4.61. The normalized spacial score (nSPS) is 16.2. The Labute approximate surface area is 150 Å². The summed E-state index contributed by atoms with van der Waals surface area (Å²) in [5.41, 5.74) is 0.698. The molecule has 2 N–H and O–H groups in total. The summed E-state index contributed by atoms with van der Waals surface area (Å²) in [6.45, 7) is 4.23. The molecular weight excluding hydrogens is 344 g/mol. The number of rotatable bonds is 5. The molecule has 0 radical (unpaired) electrons. The van der Waals surface area contributed by atoms with Crippen LogP contribution in [0.1, 0.15) is 17.1 Å². The van der Waals surface area contributed by atoms with Crippen LogP contribution in [0.3, 0.4) is 0 Å². The van der Waals surface area contributed by atoms with Gasteiger partial charge in [0, 0.05) is 43.8 Å². The summed E-state index contributed by atoms with van der Waals surface area (Å²) in [7, 11) is 0. The van der Waals surface area contributed by atoms with E-state index in [4.69, 9.17) is 21.1 Å². The lowest BCUT2D eigenvalue weighted by Crippen LogP contribution is -2.45. The van der Waals surface area contributed by atoms with Gasteiger partial charge in [0.05, 0.1) is 6.54 Å². The van der Waals surface area contributed by atoms with Crippen molar-refractivity contribution in [3.05, 3.63) is 62.7 Å². The monoisotopic (exact) mass is 364 g/mol. The highest BCUT2D eigenvalue weighted by molar-refractivity contribution is 6.30. The first-order valence-corrected chi connectivity index (χ1v) is 8.58. The maximum Gasteiger partial charge on any atom is 0.227 e. The molecule has 3 rings (SSSR count). The summed E-state index contributed by atoms with van der Waals surface area (Å²) in [5.74, 6) is 0.00247. The van der Waals surface area contributed by atoms with Gasteiger partial charge in [0.2, 0.25) is 11.2 Å². The van der Waals surface area contributed by atoms with Crippen molar-refractivity contribution in [1.29, 1.82) is 0 Å². The van der Waals surface area contributed by atoms with Gasteiger partial charge in [0.25, 0.3) is 0 Å². The Morgan fingerprint density at radius 3 is 2.24 bits per heavy atom. The van der Waals surface area contributed by atoms with Crippen LogP contribution in [-0.2, 0) is 19.7 Å². The van der Waals surface area contributed by atoms with E-state index >= 15 is 0 Å². The third-order valence-electron chi connectivity index (χ3n) is 4.35. The molecule has 1 saturated heterocycles. The van der Waals surface area contributed by atoms with Crippen LogP contribution in [0.2, 0.25) is 5.02 Å². The van der Waals surface area contributed by atoms with Gasteiger partial charge in [-0.2, -0.15) is 0 Å². The molecule has 0 atom stereocenters. The molecule has 0 bridgehead atoms. The molecule has 0 spiro atoms. The lowest BCUT2D eigenvalue weighted by Gasteiger charge is -2.34. The fourth-order valence-corrected chi connectivity index (χ4v) is 3.06. The Balaban J connectivity index is 1.57. The highest BCUT2D eigenvalue weighted by atomic mass is 35.5. The Kier molecular flexibility index (Phi) is 5.75. The predicted molar refractivity (Wildman–Crippen MR) is 94.6 cm³/mol. The number of aromatic hydroxyl groups is 1. The van der Waals surface area contributed by atoms with Crippen LogP contribution in [0.5, 0.6) is 5.75 Å². The van der Waals surface area contributed by atoms with E-state index in [1.807, 2.05) is 24.3 Å². The zero-order valence-corrected chi connectivity index (χ0v) is 14.6. The summed E-state index contributed by atoms with van der Waals surface area (Å²) >= 11 is 5.91. The van der Waals surface area contributed by atoms with Crippen LogP contribution in [0, 0.1) is 0 Å². The second-order valence-corrected chi connectivity index (χ2v) is 6.62. The molecule has 1 aliphatic rings. The third-order valence-corrected chi connectivity index (χ3v) is 4.60. The molecule has 6 nitrogen and oxygen atoms in total. The van der Waals surface area contributed by atoms with Crippen molar-refractivity contribution in [2.24, 2.45) is 0 Å². The summed E-state index contributed by atoms with van der Waals surface area (Å²) in [5, 5.41) is 19.8. The summed E-state index contributed by atoms with van der Waals surface area (Å²) in [6.07, 6.45) is 0. The van der Waals surface area contributed by atoms with Crippen LogP contribution >= 0.6 is 11.6 Å². The van der Waals surface area contributed by atoms with Gasteiger partial charge in [-0.05, 0) is 17.7 Å². The van der Waals surface area contributed by atoms with Crippen molar-refractivity contribution in [2.75, 3.05) is 26.2 Å². The predicted octanol–water partition coefficient (Wildman–Crippen LogP) is 1.81. The quantitative estimate of drug-likeness (QED) is 0.842. The van der Waals surface area contributed by atoms with Gasteiger partial charge in [-0.25, -0.2) is 0 Å². The van der Waals surface area contributed by atoms with Crippen LogP contribution in [0.25, 0.3) is 0 Å². The highest BCUT2D eigenvalue weighted by Crippen LogP contribution is 2.18. The van der Waals surface area contributed by atoms with Crippen molar-refractivity contribution >= 4 is 11.6 Å². The second kappa shape index (κ2) is 8.01. The Hall–Kier alpha value is -1.86. The van der Waals surface area contributed by atoms with Crippen molar-refractivity contribution in [3.8, 4) is 5.75 Å². The first-order valence-electron chi connectivity index (χ1n) is 8.20. The van der Waals surface area contributed by atoms with Crippen molar-refractivity contribution < 1.29 is 14.6 Å². The van der Waals surface area contributed by atoms with Crippen molar-refractivity contribution in [2.45, 2.75) is 19.7 Å². The smallest absolute Gasteiger partial charge is 0.227 e. The van der Waals surface area contributed by atoms with E-state index in [1.165, 1.54) is 5.56 Å². The lowest BCUT2D eigenvalue weighted by atomic mass is 10.2. The fourth-order valence-electron chi connectivity index (χ4n) is 2.93. The number of hydrogen-bond acceptors (Lipinski definition) is 6. The molecule has 2 heterocycles. The molecule has 0 aliphatic carbocycles. The maximum atomic E-state index is 11.7. The molecule has 25 heavy (non-hydrogen) atoms. The van der Waals surface area contributed by atoms with Gasteiger partial charge >= 0.3 is 0 Å².